The van der Waals surface area contributed by atoms with Crippen LogP contribution in [0.4, 0.5) is 4.79 Å². The Balaban J connectivity index is 3.26. The fourth-order valence-corrected chi connectivity index (χ4v) is 7.57. The minimum atomic E-state index is -1.15. The van der Waals surface area contributed by atoms with Crippen molar-refractivity contribution in [2.75, 3.05) is 55.0 Å². The number of carbonyl (C=O) groups excluding carboxylic acids is 5. The molecule has 0 saturated carbocycles. The number of amides is 5. The Labute approximate surface area is 342 Å². The molecule has 1 aliphatic heterocycles. The summed E-state index contributed by atoms with van der Waals surface area (Å²) >= 11 is 0. The van der Waals surface area contributed by atoms with E-state index in [0.29, 0.717) is 38.9 Å². The molecule has 0 aliphatic carbocycles. The Hall–Kier alpha value is -3.50. The van der Waals surface area contributed by atoms with Gasteiger partial charge in [0, 0.05) is 47.9 Å². The van der Waals surface area contributed by atoms with Gasteiger partial charge >= 0.3 is 12.1 Å². The van der Waals surface area contributed by atoms with Gasteiger partial charge in [0.1, 0.15) is 17.7 Å². The maximum absolute atomic E-state index is 14.4. The van der Waals surface area contributed by atoms with Gasteiger partial charge in [0.25, 0.3) is 0 Å². The largest absolute Gasteiger partial charge is 0.480 e. The number of ether oxygens (including phenoxy) is 3. The van der Waals surface area contributed by atoms with Gasteiger partial charge < -0.3 is 44.7 Å². The first kappa shape index (κ1) is 51.5. The molecule has 5 amide bonds. The third-order valence-corrected chi connectivity index (χ3v) is 11.1. The van der Waals surface area contributed by atoms with Gasteiger partial charge in [0.05, 0.1) is 42.7 Å². The molecule has 1 aliphatic rings. The Bertz CT molecular complexity index is 1340. The molecule has 16 heteroatoms. The van der Waals surface area contributed by atoms with Crippen LogP contribution in [-0.2, 0) is 38.2 Å². The highest BCUT2D eigenvalue weighted by Crippen LogP contribution is 2.30. The highest BCUT2D eigenvalue weighted by molar-refractivity contribution is 5.90. The van der Waals surface area contributed by atoms with Gasteiger partial charge in [-0.15, -0.1) is 0 Å². The third kappa shape index (κ3) is 15.0. The van der Waals surface area contributed by atoms with Gasteiger partial charge in [-0.1, -0.05) is 54.9 Å². The summed E-state index contributed by atoms with van der Waals surface area (Å²) in [5.74, 6) is -3.65. The van der Waals surface area contributed by atoms with Crippen LogP contribution in [0.5, 0.6) is 0 Å². The molecular weight excluding hydrogens is 736 g/mol. The van der Waals surface area contributed by atoms with E-state index in [1.54, 1.807) is 51.6 Å². The van der Waals surface area contributed by atoms with E-state index < -0.39 is 71.9 Å². The van der Waals surface area contributed by atoms with E-state index in [1.807, 2.05) is 53.5 Å². The molecule has 16 nitrogen and oxygen atoms in total. The summed E-state index contributed by atoms with van der Waals surface area (Å²) in [5.41, 5.74) is -0.633. The van der Waals surface area contributed by atoms with Crippen LogP contribution >= 0.6 is 0 Å². The van der Waals surface area contributed by atoms with Crippen LogP contribution in [0.1, 0.15) is 102 Å². The number of carboxylic acid groups (broad SMARTS) is 1. The predicted molar refractivity (Wildman–Crippen MR) is 218 cm³/mol. The summed E-state index contributed by atoms with van der Waals surface area (Å²) in [4.78, 5) is 86.1. The van der Waals surface area contributed by atoms with Crippen molar-refractivity contribution < 1.29 is 48.1 Å². The number of carbonyl (C=O) groups is 6. The minimum absolute atomic E-state index is 0.0383. The molecule has 0 aromatic carbocycles. The fourth-order valence-electron chi connectivity index (χ4n) is 7.57. The number of hydrogen-bond donors (Lipinski definition) is 3. The number of rotatable bonds is 22. The summed E-state index contributed by atoms with van der Waals surface area (Å²) in [5, 5.41) is 14.8. The number of likely N-dealkylation sites (N-methyl/N-ethyl adjacent to an activating group) is 3. The number of aliphatic carboxylic acids is 1. The van der Waals surface area contributed by atoms with Crippen molar-refractivity contribution in [1.29, 1.82) is 0 Å². The molecular formula is C41H76N6O10. The van der Waals surface area contributed by atoms with Crippen molar-refractivity contribution in [1.82, 2.24) is 30.2 Å². The second-order valence-corrected chi connectivity index (χ2v) is 17.5. The van der Waals surface area contributed by atoms with Crippen molar-refractivity contribution in [2.45, 2.75) is 150 Å². The average molecular weight is 813 g/mol. The van der Waals surface area contributed by atoms with Crippen molar-refractivity contribution in [2.24, 2.45) is 23.7 Å². The molecule has 3 N–H and O–H groups in total. The Morgan fingerprint density at radius 3 is 1.93 bits per heavy atom. The first-order valence-corrected chi connectivity index (χ1v) is 20.4. The highest BCUT2D eigenvalue weighted by Gasteiger charge is 2.43. The Morgan fingerprint density at radius 2 is 1.46 bits per heavy atom. The lowest BCUT2D eigenvalue weighted by Gasteiger charge is -2.41. The Morgan fingerprint density at radius 1 is 0.860 bits per heavy atom. The van der Waals surface area contributed by atoms with E-state index in [9.17, 15) is 33.9 Å². The summed E-state index contributed by atoms with van der Waals surface area (Å²) in [6, 6.07) is -3.49. The molecule has 0 aromatic rings. The van der Waals surface area contributed by atoms with Crippen molar-refractivity contribution in [3.05, 3.63) is 0 Å². The molecule has 1 saturated heterocycles. The zero-order valence-electron chi connectivity index (χ0n) is 37.7. The van der Waals surface area contributed by atoms with Crippen LogP contribution in [0.3, 0.4) is 0 Å². The topological polar surface area (TPSA) is 187 Å². The number of methoxy groups -OCH3 is 2. The second kappa shape index (κ2) is 23.2. The SMILES string of the molecule is CC[C@H](C)[C@@H]([C@@H](CC(=O)N1CCC[C@H]1[C@H](OC)[C@@H](C)C(=O)N[C@@H](C)C(=O)O)OC)N(C)C(=O)[C@@H](NC(=O)[C@H](C(C)C)N(C)CCN(C)C(=O)OC(C)(C)C)C(C)C. The molecule has 1 rings (SSSR count). The van der Waals surface area contributed by atoms with Crippen LogP contribution < -0.4 is 10.6 Å². The zero-order chi connectivity index (χ0) is 44.1. The van der Waals surface area contributed by atoms with Gasteiger partial charge in [-0.3, -0.25) is 28.9 Å². The van der Waals surface area contributed by atoms with Gasteiger partial charge in [-0.05, 0) is 65.3 Å². The number of nitrogens with zero attached hydrogens (tertiary/aromatic N) is 4. The van der Waals surface area contributed by atoms with Crippen molar-refractivity contribution in [3.8, 4) is 0 Å². The van der Waals surface area contributed by atoms with Crippen LogP contribution in [0, 0.1) is 23.7 Å². The van der Waals surface area contributed by atoms with Gasteiger partial charge in [-0.25, -0.2) is 4.79 Å². The lowest BCUT2D eigenvalue weighted by molar-refractivity contribution is -0.148. The molecule has 1 fully saturated rings. The molecule has 9 atom stereocenters. The zero-order valence-corrected chi connectivity index (χ0v) is 37.7. The number of carboxylic acids is 1. The van der Waals surface area contributed by atoms with E-state index in [4.69, 9.17) is 14.2 Å². The molecule has 0 spiro atoms. The van der Waals surface area contributed by atoms with E-state index in [0.717, 1.165) is 0 Å². The highest BCUT2D eigenvalue weighted by atomic mass is 16.6. The van der Waals surface area contributed by atoms with Gasteiger partial charge in [0.15, 0.2) is 0 Å². The van der Waals surface area contributed by atoms with Crippen molar-refractivity contribution in [3.63, 3.8) is 0 Å². The average Bonchev–Trinajstić information content (AvgIpc) is 3.60. The first-order valence-electron chi connectivity index (χ1n) is 20.4. The molecule has 57 heavy (non-hydrogen) atoms. The lowest BCUT2D eigenvalue weighted by Crippen LogP contribution is -2.60. The molecule has 0 unspecified atom stereocenters. The normalized spacial score (nSPS) is 18.9. The molecule has 0 aromatic heterocycles. The number of nitrogens with one attached hydrogen (secondary N) is 2. The van der Waals surface area contributed by atoms with Crippen LogP contribution in [0.2, 0.25) is 0 Å². The molecule has 0 bridgehead atoms. The van der Waals surface area contributed by atoms with Crippen LogP contribution in [0.15, 0.2) is 0 Å². The smallest absolute Gasteiger partial charge is 0.410 e. The summed E-state index contributed by atoms with van der Waals surface area (Å²) in [6.45, 7) is 21.3. The summed E-state index contributed by atoms with van der Waals surface area (Å²) in [7, 11) is 8.15. The van der Waals surface area contributed by atoms with Gasteiger partial charge in [0.2, 0.25) is 23.6 Å². The first-order chi connectivity index (χ1) is 26.3. The second-order valence-electron chi connectivity index (χ2n) is 17.5. The maximum Gasteiger partial charge on any atom is 0.410 e. The molecule has 1 heterocycles. The number of likely N-dealkylation sites (tertiary alicyclic amines) is 1. The van der Waals surface area contributed by atoms with Crippen LogP contribution in [-0.4, -0.2) is 163 Å². The monoisotopic (exact) mass is 813 g/mol. The predicted octanol–water partition coefficient (Wildman–Crippen LogP) is 3.46. The van der Waals surface area contributed by atoms with Gasteiger partial charge in [-0.2, -0.15) is 0 Å². The minimum Gasteiger partial charge on any atom is -0.480 e. The Kier molecular flexibility index (Phi) is 21.0. The van der Waals surface area contributed by atoms with Crippen LogP contribution in [0.25, 0.3) is 0 Å². The van der Waals surface area contributed by atoms with E-state index in [-0.39, 0.29) is 41.9 Å². The fraction of sp³-hybridized carbons (Fsp3) is 0.854. The quantitative estimate of drug-likeness (QED) is 0.145. The van der Waals surface area contributed by atoms with E-state index in [1.165, 1.54) is 26.0 Å². The maximum atomic E-state index is 14.4. The summed E-state index contributed by atoms with van der Waals surface area (Å²) in [6.07, 6.45) is 0.122. The molecule has 0 radical (unpaired) electrons. The van der Waals surface area contributed by atoms with Crippen molar-refractivity contribution >= 4 is 35.7 Å². The standard InChI is InChI=1S/C41H76N6O10/c1-17-26(6)34(30(55-15)23-31(48)47-20-18-19-29(47)35(56-16)27(7)36(49)42-28(8)39(52)53)46(14)38(51)32(24(2)3)43-37(50)33(25(4)5)44(12)21-22-45(13)40(54)57-41(9,10)11/h24-30,32-35H,17-23H2,1-16H3,(H,42,49)(H,43,50)(H,52,53)/t26-,27+,28-,29-,30+,32-,33-,34-,35+/m0/s1. The molecule has 330 valence electrons. The lowest BCUT2D eigenvalue weighted by atomic mass is 9.89. The summed E-state index contributed by atoms with van der Waals surface area (Å²) < 4.78 is 17.2. The third-order valence-electron chi connectivity index (χ3n) is 11.1. The number of hydrogen-bond acceptors (Lipinski definition) is 10. The van der Waals surface area contributed by atoms with E-state index in [2.05, 4.69) is 10.6 Å². The van der Waals surface area contributed by atoms with E-state index >= 15 is 0 Å².